The van der Waals surface area contributed by atoms with Crippen LogP contribution in [0.1, 0.15) is 33.2 Å². The molecule has 0 saturated carbocycles. The van der Waals surface area contributed by atoms with E-state index in [-0.39, 0.29) is 11.6 Å². The average molecular weight is 280 g/mol. The van der Waals surface area contributed by atoms with Crippen molar-refractivity contribution in [1.82, 2.24) is 0 Å². The molecule has 0 fully saturated rings. The maximum atomic E-state index is 12.6. The molecule has 2 aromatic rings. The molecule has 0 bridgehead atoms. The summed E-state index contributed by atoms with van der Waals surface area (Å²) in [5.41, 5.74) is 1.30. The minimum absolute atomic E-state index is 0.169. The fourth-order valence-corrected chi connectivity index (χ4v) is 2.06. The van der Waals surface area contributed by atoms with Gasteiger partial charge in [-0.25, -0.2) is 0 Å². The molecule has 0 aliphatic rings. The molecule has 0 unspecified atom stereocenters. The minimum Gasteiger partial charge on any atom is -0.492 e. The van der Waals surface area contributed by atoms with Crippen LogP contribution in [0.4, 0.5) is 0 Å². The highest BCUT2D eigenvalue weighted by molar-refractivity contribution is 6.14. The summed E-state index contributed by atoms with van der Waals surface area (Å²) in [7, 11) is 0. The second-order valence-electron chi connectivity index (χ2n) is 4.38. The molecule has 0 amide bonds. The molecule has 0 heterocycles. The highest BCUT2D eigenvalue weighted by atomic mass is 16.5. The molecule has 0 aromatic heterocycles. The van der Waals surface area contributed by atoms with Gasteiger partial charge >= 0.3 is 0 Å². The molecule has 0 atom stereocenters. The SMILES string of the molecule is C=CC(=O)c1cccc(C(=O)c2ccccc2)c1OCC. The van der Waals surface area contributed by atoms with E-state index in [1.165, 1.54) is 6.08 Å². The number of carbonyl (C=O) groups is 2. The molecule has 0 aliphatic heterocycles. The smallest absolute Gasteiger partial charge is 0.196 e. The molecule has 0 N–H and O–H groups in total. The van der Waals surface area contributed by atoms with Crippen LogP contribution in [0.2, 0.25) is 0 Å². The third-order valence-corrected chi connectivity index (χ3v) is 3.04. The lowest BCUT2D eigenvalue weighted by atomic mass is 9.98. The van der Waals surface area contributed by atoms with Crippen molar-refractivity contribution >= 4 is 11.6 Å². The Morgan fingerprint density at radius 1 is 1.05 bits per heavy atom. The lowest BCUT2D eigenvalue weighted by Crippen LogP contribution is -2.09. The molecule has 2 rings (SSSR count). The van der Waals surface area contributed by atoms with Gasteiger partial charge in [-0.3, -0.25) is 9.59 Å². The summed E-state index contributed by atoms with van der Waals surface area (Å²) in [5, 5.41) is 0. The van der Waals surface area contributed by atoms with Gasteiger partial charge in [0, 0.05) is 5.56 Å². The van der Waals surface area contributed by atoms with Crippen molar-refractivity contribution in [3.05, 3.63) is 77.9 Å². The largest absolute Gasteiger partial charge is 0.492 e. The molecule has 0 aliphatic carbocycles. The van der Waals surface area contributed by atoms with E-state index in [1.54, 1.807) is 42.5 Å². The van der Waals surface area contributed by atoms with Crippen molar-refractivity contribution in [3.8, 4) is 5.75 Å². The van der Waals surface area contributed by atoms with Crippen LogP contribution in [0, 0.1) is 0 Å². The Labute approximate surface area is 123 Å². The first-order chi connectivity index (χ1) is 10.2. The number of carbonyl (C=O) groups excluding carboxylic acids is 2. The first-order valence-corrected chi connectivity index (χ1v) is 6.71. The van der Waals surface area contributed by atoms with Crippen LogP contribution in [0.15, 0.2) is 61.2 Å². The van der Waals surface area contributed by atoms with Crippen molar-refractivity contribution in [3.63, 3.8) is 0 Å². The van der Waals surface area contributed by atoms with Crippen LogP contribution >= 0.6 is 0 Å². The van der Waals surface area contributed by atoms with Crippen molar-refractivity contribution in [2.45, 2.75) is 6.92 Å². The summed E-state index contributed by atoms with van der Waals surface area (Å²) < 4.78 is 5.54. The molecule has 3 nitrogen and oxygen atoms in total. The summed E-state index contributed by atoms with van der Waals surface area (Å²) in [6.07, 6.45) is 1.22. The normalized spacial score (nSPS) is 9.95. The van der Waals surface area contributed by atoms with E-state index in [1.807, 2.05) is 13.0 Å². The topological polar surface area (TPSA) is 43.4 Å². The van der Waals surface area contributed by atoms with Crippen LogP contribution < -0.4 is 4.74 Å². The Balaban J connectivity index is 2.55. The summed E-state index contributed by atoms with van der Waals surface area (Å²) in [5.74, 6) is -0.113. The number of hydrogen-bond donors (Lipinski definition) is 0. The van der Waals surface area contributed by atoms with Gasteiger partial charge < -0.3 is 4.74 Å². The van der Waals surface area contributed by atoms with E-state index in [0.717, 1.165) is 0 Å². The van der Waals surface area contributed by atoms with Gasteiger partial charge in [-0.1, -0.05) is 43.0 Å². The number of ketones is 2. The van der Waals surface area contributed by atoms with E-state index in [0.29, 0.717) is 29.0 Å². The second-order valence-corrected chi connectivity index (χ2v) is 4.38. The average Bonchev–Trinajstić information content (AvgIpc) is 2.54. The van der Waals surface area contributed by atoms with Gasteiger partial charge in [0.05, 0.1) is 17.7 Å². The van der Waals surface area contributed by atoms with Gasteiger partial charge in [0.1, 0.15) is 5.75 Å². The Bertz CT molecular complexity index is 672. The van der Waals surface area contributed by atoms with E-state index in [9.17, 15) is 9.59 Å². The van der Waals surface area contributed by atoms with Gasteiger partial charge in [-0.15, -0.1) is 0 Å². The molecule has 2 aromatic carbocycles. The van der Waals surface area contributed by atoms with Crippen molar-refractivity contribution < 1.29 is 14.3 Å². The summed E-state index contributed by atoms with van der Waals surface area (Å²) >= 11 is 0. The maximum absolute atomic E-state index is 12.6. The number of allylic oxidation sites excluding steroid dienone is 1. The quantitative estimate of drug-likeness (QED) is 0.598. The van der Waals surface area contributed by atoms with Gasteiger partial charge in [0.2, 0.25) is 0 Å². The predicted octanol–water partition coefficient (Wildman–Crippen LogP) is 3.69. The molecule has 106 valence electrons. The van der Waals surface area contributed by atoms with E-state index in [4.69, 9.17) is 4.74 Å². The van der Waals surface area contributed by atoms with Crippen LogP contribution in [-0.4, -0.2) is 18.2 Å². The lowest BCUT2D eigenvalue weighted by molar-refractivity contribution is 0.103. The van der Waals surface area contributed by atoms with Crippen LogP contribution in [-0.2, 0) is 0 Å². The zero-order valence-corrected chi connectivity index (χ0v) is 11.8. The van der Waals surface area contributed by atoms with Crippen molar-refractivity contribution in [2.75, 3.05) is 6.61 Å². The van der Waals surface area contributed by atoms with E-state index < -0.39 is 0 Å². The first-order valence-electron chi connectivity index (χ1n) is 6.71. The number of benzene rings is 2. The van der Waals surface area contributed by atoms with Crippen LogP contribution in [0.25, 0.3) is 0 Å². The monoisotopic (exact) mass is 280 g/mol. The highest BCUT2D eigenvalue weighted by Gasteiger charge is 2.19. The fraction of sp³-hybridized carbons (Fsp3) is 0.111. The number of para-hydroxylation sites is 1. The third kappa shape index (κ3) is 3.08. The zero-order chi connectivity index (χ0) is 15.2. The second kappa shape index (κ2) is 6.66. The molecule has 3 heteroatoms. The Kier molecular flexibility index (Phi) is 4.67. The van der Waals surface area contributed by atoms with Gasteiger partial charge in [-0.05, 0) is 25.1 Å². The Hall–Kier alpha value is -2.68. The third-order valence-electron chi connectivity index (χ3n) is 3.04. The Morgan fingerprint density at radius 2 is 1.71 bits per heavy atom. The van der Waals surface area contributed by atoms with Crippen LogP contribution in [0.5, 0.6) is 5.75 Å². The highest BCUT2D eigenvalue weighted by Crippen LogP contribution is 2.27. The minimum atomic E-state index is -0.263. The molecular formula is C18H16O3. The maximum Gasteiger partial charge on any atom is 0.196 e. The van der Waals surface area contributed by atoms with Gasteiger partial charge in [0.25, 0.3) is 0 Å². The standard InChI is InChI=1S/C18H16O3/c1-3-16(19)14-11-8-12-15(18(14)21-4-2)17(20)13-9-6-5-7-10-13/h3,5-12H,1,4H2,2H3. The fourth-order valence-electron chi connectivity index (χ4n) is 2.06. The first kappa shape index (κ1) is 14.7. The van der Waals surface area contributed by atoms with E-state index >= 15 is 0 Å². The summed E-state index contributed by atoms with van der Waals surface area (Å²) in [4.78, 5) is 24.5. The lowest BCUT2D eigenvalue weighted by Gasteiger charge is -2.13. The molecule has 0 spiro atoms. The number of hydrogen-bond acceptors (Lipinski definition) is 3. The molecule has 21 heavy (non-hydrogen) atoms. The van der Waals surface area contributed by atoms with Crippen molar-refractivity contribution in [1.29, 1.82) is 0 Å². The van der Waals surface area contributed by atoms with Crippen molar-refractivity contribution in [2.24, 2.45) is 0 Å². The van der Waals surface area contributed by atoms with E-state index in [2.05, 4.69) is 6.58 Å². The number of rotatable bonds is 6. The summed E-state index contributed by atoms with van der Waals surface area (Å²) in [6, 6.07) is 13.9. The van der Waals surface area contributed by atoms with Gasteiger partial charge in [-0.2, -0.15) is 0 Å². The zero-order valence-electron chi connectivity index (χ0n) is 11.8. The molecule has 0 radical (unpaired) electrons. The van der Waals surface area contributed by atoms with Gasteiger partial charge in [0.15, 0.2) is 11.6 Å². The predicted molar refractivity (Wildman–Crippen MR) is 82.0 cm³/mol. The number of ether oxygens (including phenoxy) is 1. The molecular weight excluding hydrogens is 264 g/mol. The molecule has 0 saturated heterocycles. The van der Waals surface area contributed by atoms with Crippen LogP contribution in [0.3, 0.4) is 0 Å². The Morgan fingerprint density at radius 3 is 2.33 bits per heavy atom. The summed E-state index contributed by atoms with van der Waals surface area (Å²) in [6.45, 7) is 5.66.